The summed E-state index contributed by atoms with van der Waals surface area (Å²) in [5, 5.41) is 12.2. The van der Waals surface area contributed by atoms with Crippen LogP contribution in [-0.4, -0.2) is 22.4 Å². The van der Waals surface area contributed by atoms with E-state index in [2.05, 4.69) is 0 Å². The van der Waals surface area contributed by atoms with Crippen molar-refractivity contribution in [1.82, 2.24) is 0 Å². The molecule has 0 spiro atoms. The highest BCUT2D eigenvalue weighted by Gasteiger charge is 2.66. The lowest BCUT2D eigenvalue weighted by Crippen LogP contribution is -2.42. The van der Waals surface area contributed by atoms with Gasteiger partial charge in [0.15, 0.2) is 0 Å². The Kier molecular flexibility index (Phi) is 5.31. The summed E-state index contributed by atoms with van der Waals surface area (Å²) in [5.74, 6) is -1.86. The molecule has 0 bridgehead atoms. The predicted molar refractivity (Wildman–Crippen MR) is 106 cm³/mol. The summed E-state index contributed by atoms with van der Waals surface area (Å²) in [6, 6.07) is 3.18. The van der Waals surface area contributed by atoms with Crippen LogP contribution in [0.2, 0.25) is 0 Å². The van der Waals surface area contributed by atoms with Crippen molar-refractivity contribution in [2.75, 3.05) is 11.1 Å². The van der Waals surface area contributed by atoms with E-state index in [-0.39, 0.29) is 34.8 Å². The van der Waals surface area contributed by atoms with Crippen LogP contribution >= 0.6 is 32.2 Å². The van der Waals surface area contributed by atoms with Crippen molar-refractivity contribution in [3.63, 3.8) is 0 Å². The standard InChI is InChI=1S/C16H15F10NO2S3/c1-16(29,10-30-12-3-2-4-14(9-12)32(22,23,24,25)26)15(28)27-11-5-7-13(8-6-11)31(17,18,19,20)21/h2-9,29H,10H2,1H3,(H,27,28). The molecule has 0 aliphatic carbocycles. The Bertz CT molecular complexity index is 1050. The van der Waals surface area contributed by atoms with E-state index in [4.69, 9.17) is 0 Å². The molecule has 1 atom stereocenters. The fraction of sp³-hybridized carbons (Fsp3) is 0.188. The van der Waals surface area contributed by atoms with Crippen LogP contribution < -0.4 is 5.32 Å². The Hall–Kier alpha value is -1.78. The highest BCUT2D eigenvalue weighted by atomic mass is 32.5. The third-order valence-electron chi connectivity index (χ3n) is 3.82. The van der Waals surface area contributed by atoms with Crippen LogP contribution in [0, 0.1) is 0 Å². The Balaban J connectivity index is 2.12. The molecule has 0 fully saturated rings. The fourth-order valence-electron chi connectivity index (χ4n) is 2.15. The summed E-state index contributed by atoms with van der Waals surface area (Å²) in [5.41, 5.74) is -2.71. The maximum Gasteiger partial charge on any atom is 0.310 e. The van der Waals surface area contributed by atoms with Gasteiger partial charge in [0.1, 0.15) is 15.4 Å². The smallest absolute Gasteiger partial charge is 0.310 e. The van der Waals surface area contributed by atoms with E-state index in [9.17, 15) is 48.8 Å². The molecule has 1 amide bonds. The first-order chi connectivity index (χ1) is 13.8. The third-order valence-corrected chi connectivity index (χ3v) is 7.42. The molecule has 0 aliphatic heterocycles. The van der Waals surface area contributed by atoms with Crippen molar-refractivity contribution in [2.24, 2.45) is 0 Å². The molecule has 16 heteroatoms. The van der Waals surface area contributed by atoms with E-state index >= 15 is 0 Å². The molecule has 0 saturated heterocycles. The van der Waals surface area contributed by atoms with Gasteiger partial charge < -0.3 is 10.4 Å². The monoisotopic (exact) mass is 539 g/mol. The van der Waals surface area contributed by atoms with Crippen LogP contribution in [0.15, 0.2) is 63.2 Å². The first-order valence-corrected chi connectivity index (χ1v) is 13.0. The molecule has 0 heterocycles. The first kappa shape index (κ1) is 26.5. The molecule has 0 aliphatic rings. The van der Waals surface area contributed by atoms with Gasteiger partial charge in [0.05, 0.1) is 0 Å². The summed E-state index contributed by atoms with van der Waals surface area (Å²) in [7, 11) is -19.9. The largest absolute Gasteiger partial charge is 0.379 e. The second kappa shape index (κ2) is 6.42. The third kappa shape index (κ3) is 7.11. The lowest BCUT2D eigenvalue weighted by Gasteiger charge is -2.40. The summed E-state index contributed by atoms with van der Waals surface area (Å²) < 4.78 is 128. The zero-order valence-corrected chi connectivity index (χ0v) is 18.1. The number of rotatable bonds is 7. The molecule has 0 aromatic heterocycles. The number of aliphatic hydroxyl groups is 1. The molecule has 184 valence electrons. The average Bonchev–Trinajstić information content (AvgIpc) is 2.57. The van der Waals surface area contributed by atoms with Crippen molar-refractivity contribution < 1.29 is 48.8 Å². The maximum absolute atomic E-state index is 12.9. The molecule has 32 heavy (non-hydrogen) atoms. The number of thioether (sulfide) groups is 1. The van der Waals surface area contributed by atoms with Crippen LogP contribution in [0.4, 0.5) is 44.5 Å². The Morgan fingerprint density at radius 2 is 1.38 bits per heavy atom. The summed E-state index contributed by atoms with van der Waals surface area (Å²) in [6.45, 7) is 0.909. The number of carbonyl (C=O) groups is 1. The minimum absolute atomic E-state index is 0.0339. The number of amides is 1. The quantitative estimate of drug-likeness (QED) is 0.274. The Morgan fingerprint density at radius 3 is 1.84 bits per heavy atom. The molecule has 2 N–H and O–H groups in total. The first-order valence-electron chi connectivity index (χ1n) is 8.12. The van der Waals surface area contributed by atoms with E-state index in [0.29, 0.717) is 30.0 Å². The van der Waals surface area contributed by atoms with Crippen molar-refractivity contribution in [2.45, 2.75) is 27.2 Å². The Labute approximate surface area is 179 Å². The second-order valence-corrected chi connectivity index (χ2v) is 12.8. The van der Waals surface area contributed by atoms with Crippen molar-refractivity contribution in [3.8, 4) is 0 Å². The van der Waals surface area contributed by atoms with E-state index in [1.165, 1.54) is 0 Å². The molecule has 0 saturated carbocycles. The van der Waals surface area contributed by atoms with Crippen molar-refractivity contribution in [3.05, 3.63) is 48.5 Å². The van der Waals surface area contributed by atoms with Gasteiger partial charge in [-0.2, -0.15) is 0 Å². The van der Waals surface area contributed by atoms with E-state index in [1.807, 2.05) is 5.32 Å². The van der Waals surface area contributed by atoms with Crippen molar-refractivity contribution in [1.29, 1.82) is 0 Å². The van der Waals surface area contributed by atoms with Gasteiger partial charge in [0, 0.05) is 16.3 Å². The predicted octanol–water partition coefficient (Wildman–Crippen LogP) is 8.48. The van der Waals surface area contributed by atoms with Gasteiger partial charge in [-0.15, -0.1) is 11.8 Å². The second-order valence-electron chi connectivity index (χ2n) is 6.95. The normalized spacial score (nSPS) is 19.0. The van der Waals surface area contributed by atoms with Gasteiger partial charge in [0.2, 0.25) is 0 Å². The van der Waals surface area contributed by atoms with Crippen LogP contribution in [-0.2, 0) is 4.79 Å². The molecule has 2 aromatic carbocycles. The molecular weight excluding hydrogens is 524 g/mol. The lowest BCUT2D eigenvalue weighted by molar-refractivity contribution is -0.130. The number of benzene rings is 2. The van der Waals surface area contributed by atoms with Gasteiger partial charge in [-0.1, -0.05) is 44.9 Å². The summed E-state index contributed by atoms with van der Waals surface area (Å²) in [4.78, 5) is 7.45. The minimum atomic E-state index is -9.94. The average molecular weight is 539 g/mol. The van der Waals surface area contributed by atoms with Crippen LogP contribution in [0.3, 0.4) is 0 Å². The van der Waals surface area contributed by atoms with E-state index in [1.54, 1.807) is 0 Å². The van der Waals surface area contributed by atoms with Gasteiger partial charge in [-0.25, -0.2) is 0 Å². The topological polar surface area (TPSA) is 49.3 Å². The van der Waals surface area contributed by atoms with Crippen LogP contribution in [0.5, 0.6) is 0 Å². The summed E-state index contributed by atoms with van der Waals surface area (Å²) in [6.07, 6.45) is 0. The summed E-state index contributed by atoms with van der Waals surface area (Å²) >= 11 is 0.430. The number of anilines is 1. The van der Waals surface area contributed by atoms with Crippen molar-refractivity contribution >= 4 is 43.8 Å². The van der Waals surface area contributed by atoms with Crippen LogP contribution in [0.25, 0.3) is 0 Å². The highest BCUT2D eigenvalue weighted by Crippen LogP contribution is 3.02. The van der Waals surface area contributed by atoms with E-state index < -0.39 is 47.5 Å². The lowest BCUT2D eigenvalue weighted by atomic mass is 10.1. The molecule has 1 unspecified atom stereocenters. The molecule has 0 radical (unpaired) electrons. The number of hydrogen-bond acceptors (Lipinski definition) is 3. The molecular formula is C16H15F10NO2S3. The van der Waals surface area contributed by atoms with Gasteiger partial charge in [-0.3, -0.25) is 4.79 Å². The number of nitrogens with one attached hydrogen (secondary N) is 1. The number of hydrogen-bond donors (Lipinski definition) is 2. The zero-order chi connectivity index (χ0) is 25.0. The Morgan fingerprint density at radius 1 is 0.875 bits per heavy atom. The van der Waals surface area contributed by atoms with Crippen LogP contribution in [0.1, 0.15) is 6.92 Å². The molecule has 2 rings (SSSR count). The maximum atomic E-state index is 12.9. The van der Waals surface area contributed by atoms with E-state index in [0.717, 1.165) is 13.0 Å². The van der Waals surface area contributed by atoms with Gasteiger partial charge in [0.25, 0.3) is 5.91 Å². The molecule has 2 aromatic rings. The zero-order valence-electron chi connectivity index (χ0n) is 15.7. The number of halogens is 10. The highest BCUT2D eigenvalue weighted by molar-refractivity contribution is 8.46. The fourth-order valence-corrected chi connectivity index (χ4v) is 4.53. The van der Waals surface area contributed by atoms with Gasteiger partial charge >= 0.3 is 20.4 Å². The number of carbonyl (C=O) groups excluding carboxylic acids is 1. The van der Waals surface area contributed by atoms with Gasteiger partial charge in [-0.05, 0) is 49.4 Å². The SMILES string of the molecule is CC(O)(CSc1cccc(S(F)(F)(F)(F)F)c1)C(=O)Nc1ccc(S(F)(F)(F)(F)F)cc1. The minimum Gasteiger partial charge on any atom is -0.379 e. The molecule has 3 nitrogen and oxygen atoms in total.